The number of rotatable bonds is 1. The molecule has 1 unspecified atom stereocenters. The minimum Gasteiger partial charge on any atom is -0.366 e. The van der Waals surface area contributed by atoms with Crippen LogP contribution in [0, 0.1) is 5.92 Å². The number of carbonyl (C=O) groups is 1. The summed E-state index contributed by atoms with van der Waals surface area (Å²) in [5, 5.41) is 2.56. The zero-order valence-electron chi connectivity index (χ0n) is 11.5. The van der Waals surface area contributed by atoms with Crippen LogP contribution in [-0.2, 0) is 6.42 Å². The molecule has 0 aliphatic heterocycles. The van der Waals surface area contributed by atoms with Crippen molar-refractivity contribution in [2.75, 3.05) is 0 Å². The zero-order valence-corrected chi connectivity index (χ0v) is 11.5. The molecular weight excluding hydrogens is 258 g/mol. The van der Waals surface area contributed by atoms with Crippen LogP contribution < -0.4 is 16.2 Å². The van der Waals surface area contributed by atoms with Crippen LogP contribution in [-0.4, -0.2) is 5.91 Å². The highest BCUT2D eigenvalue weighted by Crippen LogP contribution is 2.31. The second kappa shape index (κ2) is 4.45. The number of hydrogen-bond donors (Lipinski definition) is 1. The number of allylic oxidation sites excluding steroid dienone is 1. The van der Waals surface area contributed by atoms with E-state index in [1.807, 2.05) is 18.2 Å². The summed E-state index contributed by atoms with van der Waals surface area (Å²) in [4.78, 5) is 11.3. The third-order valence-corrected chi connectivity index (χ3v) is 4.32. The topological polar surface area (TPSA) is 43.1 Å². The first-order chi connectivity index (χ1) is 10.2. The molecule has 2 N–H and O–H groups in total. The normalized spacial score (nSPS) is 18.3. The quantitative estimate of drug-likeness (QED) is 0.843. The summed E-state index contributed by atoms with van der Waals surface area (Å²) in [6.45, 7) is 0. The van der Waals surface area contributed by atoms with E-state index in [0.29, 0.717) is 11.5 Å². The summed E-state index contributed by atoms with van der Waals surface area (Å²) >= 11 is 0. The van der Waals surface area contributed by atoms with Gasteiger partial charge in [0.25, 0.3) is 0 Å². The highest BCUT2D eigenvalue weighted by atomic mass is 16.1. The van der Waals surface area contributed by atoms with E-state index in [0.717, 1.165) is 12.0 Å². The van der Waals surface area contributed by atoms with Crippen molar-refractivity contribution < 1.29 is 4.79 Å². The molecule has 0 fully saturated rings. The van der Waals surface area contributed by atoms with Crippen LogP contribution in [0.1, 0.15) is 21.5 Å². The molecule has 0 aromatic heterocycles. The lowest BCUT2D eigenvalue weighted by Crippen LogP contribution is -2.30. The lowest BCUT2D eigenvalue weighted by Gasteiger charge is -2.24. The van der Waals surface area contributed by atoms with Crippen LogP contribution in [0.5, 0.6) is 0 Å². The van der Waals surface area contributed by atoms with E-state index in [1.54, 1.807) is 0 Å². The predicted octanol–water partition coefficient (Wildman–Crippen LogP) is 1.62. The zero-order chi connectivity index (χ0) is 14.4. The maximum Gasteiger partial charge on any atom is 0.248 e. The fourth-order valence-electron chi connectivity index (χ4n) is 3.20. The first-order valence-electron chi connectivity index (χ1n) is 7.14. The Kier molecular flexibility index (Phi) is 2.58. The molecule has 0 bridgehead atoms. The molecule has 2 aromatic carbocycles. The van der Waals surface area contributed by atoms with E-state index in [-0.39, 0.29) is 5.91 Å². The Morgan fingerprint density at radius 2 is 1.86 bits per heavy atom. The van der Waals surface area contributed by atoms with E-state index < -0.39 is 0 Å². The molecule has 0 heterocycles. The van der Waals surface area contributed by atoms with Crippen LogP contribution in [0.3, 0.4) is 0 Å². The van der Waals surface area contributed by atoms with Crippen molar-refractivity contribution >= 4 is 24.1 Å². The van der Waals surface area contributed by atoms with E-state index in [4.69, 9.17) is 5.73 Å². The first-order valence-corrected chi connectivity index (χ1v) is 7.14. The molecule has 102 valence electrons. The van der Waals surface area contributed by atoms with Crippen LogP contribution >= 0.6 is 0 Å². The largest absolute Gasteiger partial charge is 0.366 e. The van der Waals surface area contributed by atoms with Crippen molar-refractivity contribution in [3.05, 3.63) is 75.2 Å². The molecule has 21 heavy (non-hydrogen) atoms. The molecule has 0 radical (unpaired) electrons. The van der Waals surface area contributed by atoms with Crippen molar-refractivity contribution in [1.29, 1.82) is 0 Å². The fourth-order valence-corrected chi connectivity index (χ4v) is 3.20. The number of carbonyl (C=O) groups excluding carboxylic acids is 1. The van der Waals surface area contributed by atoms with Crippen LogP contribution in [0.2, 0.25) is 0 Å². The molecule has 1 amide bonds. The minimum absolute atomic E-state index is 0.372. The van der Waals surface area contributed by atoms with E-state index in [1.165, 1.54) is 21.6 Å². The fraction of sp³-hybridized carbons (Fsp3) is 0.105. The molecule has 2 aliphatic carbocycles. The Morgan fingerprint density at radius 1 is 1.05 bits per heavy atom. The lowest BCUT2D eigenvalue weighted by molar-refractivity contribution is 0.100. The van der Waals surface area contributed by atoms with Gasteiger partial charge in [0, 0.05) is 11.5 Å². The van der Waals surface area contributed by atoms with Gasteiger partial charge in [0.2, 0.25) is 5.91 Å². The Bertz CT molecular complexity index is 905. The molecule has 0 spiro atoms. The Morgan fingerprint density at radius 3 is 2.67 bits per heavy atom. The average molecular weight is 273 g/mol. The van der Waals surface area contributed by atoms with Crippen molar-refractivity contribution in [2.24, 2.45) is 11.7 Å². The number of primary amides is 1. The van der Waals surface area contributed by atoms with Gasteiger partial charge in [-0.1, -0.05) is 48.6 Å². The number of fused-ring (bicyclic) bond motifs is 3. The molecule has 0 saturated heterocycles. The molecule has 1 atom stereocenters. The standard InChI is InChI=1S/C19H15NO/c20-19(21)15-6-5-14-9-17-7-12-3-1-2-4-13(12)8-18(17)11-16(14)10-15/h1-8,10-11,17H,9H2,(H2,20,21). The molecule has 2 aliphatic rings. The summed E-state index contributed by atoms with van der Waals surface area (Å²) in [5.74, 6) is 0.0506. The van der Waals surface area contributed by atoms with Gasteiger partial charge in [0.15, 0.2) is 0 Å². The number of amides is 1. The van der Waals surface area contributed by atoms with Crippen LogP contribution in [0.15, 0.2) is 48.0 Å². The van der Waals surface area contributed by atoms with Crippen LogP contribution in [0.25, 0.3) is 18.2 Å². The summed E-state index contributed by atoms with van der Waals surface area (Å²) < 4.78 is 0. The molecule has 2 aromatic rings. The van der Waals surface area contributed by atoms with Gasteiger partial charge in [0.05, 0.1) is 0 Å². The van der Waals surface area contributed by atoms with Gasteiger partial charge in [0.1, 0.15) is 0 Å². The van der Waals surface area contributed by atoms with Crippen molar-refractivity contribution in [2.45, 2.75) is 6.42 Å². The van der Waals surface area contributed by atoms with Gasteiger partial charge < -0.3 is 5.73 Å². The highest BCUT2D eigenvalue weighted by molar-refractivity contribution is 5.94. The maximum absolute atomic E-state index is 11.3. The first kappa shape index (κ1) is 12.2. The Labute approximate surface area is 122 Å². The van der Waals surface area contributed by atoms with Gasteiger partial charge in [-0.25, -0.2) is 0 Å². The monoisotopic (exact) mass is 273 g/mol. The average Bonchev–Trinajstić information content (AvgIpc) is 2.50. The lowest BCUT2D eigenvalue weighted by atomic mass is 9.80. The highest BCUT2D eigenvalue weighted by Gasteiger charge is 2.20. The number of nitrogens with two attached hydrogens (primary N) is 1. The third-order valence-electron chi connectivity index (χ3n) is 4.32. The molecule has 0 saturated carbocycles. The summed E-state index contributed by atoms with van der Waals surface area (Å²) in [5.41, 5.74) is 9.64. The third kappa shape index (κ3) is 2.00. The Hall–Kier alpha value is -2.61. The van der Waals surface area contributed by atoms with Crippen molar-refractivity contribution in [3.63, 3.8) is 0 Å². The van der Waals surface area contributed by atoms with Gasteiger partial charge in [-0.05, 0) is 45.7 Å². The second-order valence-corrected chi connectivity index (χ2v) is 5.67. The summed E-state index contributed by atoms with van der Waals surface area (Å²) in [7, 11) is 0. The van der Waals surface area contributed by atoms with Crippen LogP contribution in [0.4, 0.5) is 0 Å². The van der Waals surface area contributed by atoms with E-state index >= 15 is 0 Å². The van der Waals surface area contributed by atoms with Gasteiger partial charge >= 0.3 is 0 Å². The minimum atomic E-state index is -0.372. The summed E-state index contributed by atoms with van der Waals surface area (Å²) in [6, 6.07) is 14.2. The number of hydrogen-bond acceptors (Lipinski definition) is 1. The molecule has 2 heteroatoms. The van der Waals surface area contributed by atoms with Gasteiger partial charge in [-0.2, -0.15) is 0 Å². The molecule has 4 rings (SSSR count). The SMILES string of the molecule is NC(=O)c1ccc2c(c1)C=C1C=c3ccccc3=CC1C2. The smallest absolute Gasteiger partial charge is 0.248 e. The van der Waals surface area contributed by atoms with Gasteiger partial charge in [-0.3, -0.25) is 4.79 Å². The molecule has 2 nitrogen and oxygen atoms in total. The predicted molar refractivity (Wildman–Crippen MR) is 84.8 cm³/mol. The summed E-state index contributed by atoms with van der Waals surface area (Å²) in [6.07, 6.45) is 7.75. The van der Waals surface area contributed by atoms with Crippen molar-refractivity contribution in [3.8, 4) is 0 Å². The Balaban J connectivity index is 1.88. The maximum atomic E-state index is 11.3. The van der Waals surface area contributed by atoms with Gasteiger partial charge in [-0.15, -0.1) is 0 Å². The van der Waals surface area contributed by atoms with Crippen molar-refractivity contribution in [1.82, 2.24) is 0 Å². The number of benzene rings is 2. The van der Waals surface area contributed by atoms with E-state index in [9.17, 15) is 4.79 Å². The van der Waals surface area contributed by atoms with E-state index in [2.05, 4.69) is 42.5 Å². The molecular formula is C19H15NO. The second-order valence-electron chi connectivity index (χ2n) is 5.67.